The molecular weight excluding hydrogens is 328 g/mol. The van der Waals surface area contributed by atoms with Crippen LogP contribution in [0, 0.1) is 0 Å². The number of benzene rings is 2. The standard InChI is InChI=1S/C20H18N4O2/c1-22(2)14-8-10-15(11-9-14)24-17-7-5-4-6-13(17)12-16-18(24)21-20(26)23(3)19(16)25/h4-12H,1-3H3. The summed E-state index contributed by atoms with van der Waals surface area (Å²) in [6.07, 6.45) is 0. The molecule has 0 saturated heterocycles. The van der Waals surface area contributed by atoms with Crippen molar-refractivity contribution in [1.82, 2.24) is 14.1 Å². The fourth-order valence-electron chi connectivity index (χ4n) is 3.13. The van der Waals surface area contributed by atoms with Crippen molar-refractivity contribution in [2.45, 2.75) is 0 Å². The maximum atomic E-state index is 12.6. The zero-order chi connectivity index (χ0) is 18.4. The van der Waals surface area contributed by atoms with Gasteiger partial charge in [-0.3, -0.25) is 13.9 Å². The summed E-state index contributed by atoms with van der Waals surface area (Å²) in [6, 6.07) is 17.5. The largest absolute Gasteiger partial charge is 0.378 e. The highest BCUT2D eigenvalue weighted by molar-refractivity contribution is 5.87. The van der Waals surface area contributed by atoms with Gasteiger partial charge in [-0.25, -0.2) is 4.79 Å². The van der Waals surface area contributed by atoms with Gasteiger partial charge in [-0.1, -0.05) is 18.2 Å². The number of hydrogen-bond acceptors (Lipinski definition) is 4. The maximum Gasteiger partial charge on any atom is 0.352 e. The molecular formula is C20H18N4O2. The minimum atomic E-state index is -0.559. The van der Waals surface area contributed by atoms with E-state index < -0.39 is 5.69 Å². The van der Waals surface area contributed by atoms with Crippen LogP contribution in [0.25, 0.3) is 28.0 Å². The molecule has 2 aliphatic rings. The first-order valence-corrected chi connectivity index (χ1v) is 8.26. The summed E-state index contributed by atoms with van der Waals surface area (Å²) in [4.78, 5) is 31.0. The summed E-state index contributed by atoms with van der Waals surface area (Å²) in [7, 11) is 5.40. The second-order valence-electron chi connectivity index (χ2n) is 6.45. The SMILES string of the molecule is CN(C)c1ccc(-n2c3nc(=O)n(C)c(=O)c-3cc3ccccc32)cc1. The van der Waals surface area contributed by atoms with Gasteiger partial charge in [0.05, 0.1) is 11.1 Å². The summed E-state index contributed by atoms with van der Waals surface area (Å²) in [5.74, 6) is 0.370. The van der Waals surface area contributed by atoms with E-state index in [-0.39, 0.29) is 5.56 Å². The molecule has 0 spiro atoms. The molecule has 0 fully saturated rings. The first kappa shape index (κ1) is 16.1. The highest BCUT2D eigenvalue weighted by Crippen LogP contribution is 2.28. The molecule has 2 aliphatic heterocycles. The van der Waals surface area contributed by atoms with E-state index in [2.05, 4.69) is 4.98 Å². The Morgan fingerprint density at radius 1 is 0.962 bits per heavy atom. The average Bonchev–Trinajstić information content (AvgIpc) is 2.65. The number of aromatic nitrogens is 3. The topological polar surface area (TPSA) is 60.1 Å². The van der Waals surface area contributed by atoms with Crippen molar-refractivity contribution >= 4 is 16.6 Å². The van der Waals surface area contributed by atoms with E-state index in [1.54, 1.807) is 6.07 Å². The summed E-state index contributed by atoms with van der Waals surface area (Å²) in [5.41, 5.74) is 2.31. The molecule has 0 N–H and O–H groups in total. The molecule has 0 atom stereocenters. The zero-order valence-corrected chi connectivity index (χ0v) is 14.8. The van der Waals surface area contributed by atoms with Crippen molar-refractivity contribution in [3.05, 3.63) is 75.4 Å². The fraction of sp³-hybridized carbons (Fsp3) is 0.150. The first-order valence-electron chi connectivity index (χ1n) is 8.26. The lowest BCUT2D eigenvalue weighted by Crippen LogP contribution is -2.35. The van der Waals surface area contributed by atoms with Crippen molar-refractivity contribution in [3.63, 3.8) is 0 Å². The number of para-hydroxylation sites is 1. The molecule has 0 amide bonds. The maximum absolute atomic E-state index is 12.6. The number of anilines is 1. The van der Waals surface area contributed by atoms with E-state index in [1.807, 2.05) is 72.1 Å². The molecule has 2 aromatic carbocycles. The van der Waals surface area contributed by atoms with Crippen LogP contribution in [0.3, 0.4) is 0 Å². The van der Waals surface area contributed by atoms with Gasteiger partial charge in [0.15, 0.2) is 5.82 Å². The number of rotatable bonds is 2. The Kier molecular flexibility index (Phi) is 3.61. The highest BCUT2D eigenvalue weighted by Gasteiger charge is 2.19. The van der Waals surface area contributed by atoms with Crippen LogP contribution in [0.5, 0.6) is 0 Å². The molecule has 0 bridgehead atoms. The molecule has 6 nitrogen and oxygen atoms in total. The van der Waals surface area contributed by atoms with Gasteiger partial charge in [0.25, 0.3) is 5.56 Å². The summed E-state index contributed by atoms with van der Waals surface area (Å²) >= 11 is 0. The Morgan fingerprint density at radius 3 is 2.35 bits per heavy atom. The molecule has 0 unspecified atom stereocenters. The number of hydrogen-bond donors (Lipinski definition) is 0. The van der Waals surface area contributed by atoms with E-state index >= 15 is 0 Å². The molecule has 2 heterocycles. The number of nitrogens with zero attached hydrogens (tertiary/aromatic N) is 4. The van der Waals surface area contributed by atoms with Gasteiger partial charge >= 0.3 is 5.69 Å². The Hall–Kier alpha value is -3.41. The van der Waals surface area contributed by atoms with Crippen LogP contribution < -0.4 is 16.1 Å². The van der Waals surface area contributed by atoms with Crippen LogP contribution in [0.15, 0.2) is 64.2 Å². The van der Waals surface area contributed by atoms with Crippen molar-refractivity contribution < 1.29 is 0 Å². The molecule has 0 saturated carbocycles. The van der Waals surface area contributed by atoms with Gasteiger partial charge in [0.2, 0.25) is 0 Å². The highest BCUT2D eigenvalue weighted by atomic mass is 16.2. The van der Waals surface area contributed by atoms with E-state index in [0.29, 0.717) is 11.4 Å². The minimum Gasteiger partial charge on any atom is -0.378 e. The van der Waals surface area contributed by atoms with Crippen LogP contribution in [-0.4, -0.2) is 28.2 Å². The summed E-state index contributed by atoms with van der Waals surface area (Å²) in [5, 5.41) is 0.911. The number of fused-ring (bicyclic) bond motifs is 2. The molecule has 0 aliphatic carbocycles. The molecule has 0 aromatic heterocycles. The van der Waals surface area contributed by atoms with Gasteiger partial charge in [-0.2, -0.15) is 4.98 Å². The second-order valence-corrected chi connectivity index (χ2v) is 6.45. The smallest absolute Gasteiger partial charge is 0.352 e. The fourth-order valence-corrected chi connectivity index (χ4v) is 3.13. The summed E-state index contributed by atoms with van der Waals surface area (Å²) < 4.78 is 2.91. The van der Waals surface area contributed by atoms with E-state index in [1.165, 1.54) is 7.05 Å². The van der Waals surface area contributed by atoms with Crippen LogP contribution in [-0.2, 0) is 7.05 Å². The first-order chi connectivity index (χ1) is 12.5. The molecule has 6 heteroatoms. The normalized spacial score (nSPS) is 11.2. The third-order valence-corrected chi connectivity index (χ3v) is 4.58. The average molecular weight is 346 g/mol. The van der Waals surface area contributed by atoms with E-state index in [9.17, 15) is 9.59 Å². The lowest BCUT2D eigenvalue weighted by atomic mass is 10.1. The zero-order valence-electron chi connectivity index (χ0n) is 14.8. The lowest BCUT2D eigenvalue weighted by Gasteiger charge is -2.19. The van der Waals surface area contributed by atoms with Gasteiger partial charge in [0.1, 0.15) is 0 Å². The molecule has 130 valence electrons. The van der Waals surface area contributed by atoms with E-state index in [4.69, 9.17) is 0 Å². The van der Waals surface area contributed by atoms with Crippen molar-refractivity contribution in [1.29, 1.82) is 0 Å². The third-order valence-electron chi connectivity index (χ3n) is 4.58. The van der Waals surface area contributed by atoms with Crippen LogP contribution in [0.4, 0.5) is 5.69 Å². The molecule has 2 aromatic rings. The van der Waals surface area contributed by atoms with E-state index in [0.717, 1.165) is 26.8 Å². The Bertz CT molecular complexity index is 1200. The molecule has 0 radical (unpaired) electrons. The minimum absolute atomic E-state index is 0.343. The third kappa shape index (κ3) is 2.38. The van der Waals surface area contributed by atoms with Crippen molar-refractivity contribution in [3.8, 4) is 17.1 Å². The Labute approximate surface area is 149 Å². The van der Waals surface area contributed by atoms with Crippen molar-refractivity contribution in [2.75, 3.05) is 19.0 Å². The monoisotopic (exact) mass is 346 g/mol. The van der Waals surface area contributed by atoms with Gasteiger partial charge < -0.3 is 4.90 Å². The quantitative estimate of drug-likeness (QED) is 0.523. The summed E-state index contributed by atoms with van der Waals surface area (Å²) in [6.45, 7) is 0. The molecule has 4 rings (SSSR count). The van der Waals surface area contributed by atoms with Crippen molar-refractivity contribution in [2.24, 2.45) is 7.05 Å². The van der Waals surface area contributed by atoms with Crippen LogP contribution in [0.1, 0.15) is 0 Å². The Morgan fingerprint density at radius 2 is 1.65 bits per heavy atom. The predicted octanol–water partition coefficient (Wildman–Crippen LogP) is 2.26. The molecule has 26 heavy (non-hydrogen) atoms. The predicted molar refractivity (Wildman–Crippen MR) is 104 cm³/mol. The van der Waals surface area contributed by atoms with Gasteiger partial charge in [-0.15, -0.1) is 0 Å². The lowest BCUT2D eigenvalue weighted by molar-refractivity contribution is 0.766. The van der Waals surface area contributed by atoms with Gasteiger partial charge in [0, 0.05) is 32.5 Å². The second kappa shape index (κ2) is 5.84. The van der Waals surface area contributed by atoms with Crippen LogP contribution >= 0.6 is 0 Å². The van der Waals surface area contributed by atoms with Crippen LogP contribution in [0.2, 0.25) is 0 Å². The number of pyridine rings is 1. The van der Waals surface area contributed by atoms with Gasteiger partial charge in [-0.05, 0) is 41.8 Å². The Balaban J connectivity index is 2.14.